The third-order valence-corrected chi connectivity index (χ3v) is 2.93. The van der Waals surface area contributed by atoms with Crippen LogP contribution in [0.25, 0.3) is 0 Å². The molecule has 0 bridgehead atoms. The Morgan fingerprint density at radius 3 is 3.06 bits per heavy atom. The number of thiazole rings is 1. The van der Waals surface area contributed by atoms with Crippen molar-refractivity contribution in [1.82, 2.24) is 25.1 Å². The van der Waals surface area contributed by atoms with Gasteiger partial charge in [-0.3, -0.25) is 9.48 Å². The van der Waals surface area contributed by atoms with Crippen molar-refractivity contribution in [3.8, 4) is 0 Å². The van der Waals surface area contributed by atoms with Gasteiger partial charge in [0.1, 0.15) is 18.3 Å². The molecule has 2 heterocycles. The molecule has 0 aliphatic carbocycles. The second-order valence-electron chi connectivity index (χ2n) is 3.74. The first-order valence-electron chi connectivity index (χ1n) is 5.20. The minimum absolute atomic E-state index is 0.0220. The maximum Gasteiger partial charge on any atom is 0.271 e. The Morgan fingerprint density at radius 2 is 2.47 bits per heavy atom. The van der Waals surface area contributed by atoms with Gasteiger partial charge in [0.25, 0.3) is 5.91 Å². The van der Waals surface area contributed by atoms with Gasteiger partial charge in [0.15, 0.2) is 0 Å². The molecule has 6 nitrogen and oxygen atoms in total. The number of carbonyl (C=O) groups excluding carboxylic acids is 1. The number of hydrogen-bond acceptors (Lipinski definition) is 5. The second kappa shape index (κ2) is 5.05. The van der Waals surface area contributed by atoms with E-state index in [9.17, 15) is 4.79 Å². The normalized spacial score (nSPS) is 12.4. The van der Waals surface area contributed by atoms with E-state index in [2.05, 4.69) is 20.4 Å². The van der Waals surface area contributed by atoms with Crippen LogP contribution in [0.5, 0.6) is 0 Å². The molecule has 17 heavy (non-hydrogen) atoms. The molecule has 0 saturated carbocycles. The molecule has 0 radical (unpaired) electrons. The van der Waals surface area contributed by atoms with Crippen molar-refractivity contribution in [2.75, 3.05) is 0 Å². The number of rotatable bonds is 4. The predicted octanol–water partition coefficient (Wildman–Crippen LogP) is 0.862. The van der Waals surface area contributed by atoms with Crippen LogP contribution in [0.3, 0.4) is 0 Å². The van der Waals surface area contributed by atoms with E-state index in [4.69, 9.17) is 0 Å². The average molecular weight is 251 g/mol. The van der Waals surface area contributed by atoms with Crippen molar-refractivity contribution in [3.63, 3.8) is 0 Å². The minimum Gasteiger partial charge on any atom is -0.346 e. The third-order valence-electron chi connectivity index (χ3n) is 2.16. The predicted molar refractivity (Wildman–Crippen MR) is 63.8 cm³/mol. The van der Waals surface area contributed by atoms with Crippen LogP contribution in [0.15, 0.2) is 18.0 Å². The van der Waals surface area contributed by atoms with Gasteiger partial charge in [-0.15, -0.1) is 11.3 Å². The number of amides is 1. The van der Waals surface area contributed by atoms with E-state index < -0.39 is 0 Å². The lowest BCUT2D eigenvalue weighted by molar-refractivity contribution is 0.0931. The highest BCUT2D eigenvalue weighted by molar-refractivity contribution is 7.09. The first kappa shape index (κ1) is 11.7. The van der Waals surface area contributed by atoms with Crippen LogP contribution in [-0.4, -0.2) is 31.7 Å². The lowest BCUT2D eigenvalue weighted by atomic mass is 10.3. The summed E-state index contributed by atoms with van der Waals surface area (Å²) in [5.74, 6) is -0.151. The van der Waals surface area contributed by atoms with Crippen molar-refractivity contribution in [2.45, 2.75) is 26.4 Å². The molecular weight excluding hydrogens is 238 g/mol. The Balaban J connectivity index is 1.90. The highest BCUT2D eigenvalue weighted by Gasteiger charge is 2.12. The fraction of sp³-hybridized carbons (Fsp3) is 0.400. The first-order valence-corrected chi connectivity index (χ1v) is 6.08. The van der Waals surface area contributed by atoms with Gasteiger partial charge in [0.05, 0.1) is 11.6 Å². The zero-order valence-corrected chi connectivity index (χ0v) is 10.4. The molecule has 2 aromatic heterocycles. The summed E-state index contributed by atoms with van der Waals surface area (Å²) in [5.41, 5.74) is 0.470. The molecule has 2 aromatic rings. The molecule has 1 N–H and O–H groups in total. The van der Waals surface area contributed by atoms with Gasteiger partial charge in [-0.2, -0.15) is 5.10 Å². The first-order chi connectivity index (χ1) is 8.15. The maximum absolute atomic E-state index is 11.8. The molecule has 90 valence electrons. The van der Waals surface area contributed by atoms with Crippen LogP contribution in [0, 0.1) is 6.92 Å². The molecule has 0 aliphatic heterocycles. The Kier molecular flexibility index (Phi) is 3.48. The fourth-order valence-electron chi connectivity index (χ4n) is 1.42. The van der Waals surface area contributed by atoms with Crippen LogP contribution in [0.2, 0.25) is 0 Å². The number of nitrogens with zero attached hydrogens (tertiary/aromatic N) is 4. The molecule has 2 rings (SSSR count). The zero-order valence-electron chi connectivity index (χ0n) is 9.62. The minimum atomic E-state index is -0.151. The number of carbonyl (C=O) groups is 1. The largest absolute Gasteiger partial charge is 0.346 e. The summed E-state index contributed by atoms with van der Waals surface area (Å²) < 4.78 is 1.68. The van der Waals surface area contributed by atoms with Crippen molar-refractivity contribution < 1.29 is 4.79 Å². The summed E-state index contributed by atoms with van der Waals surface area (Å²) in [5, 5.41) is 9.49. The quantitative estimate of drug-likeness (QED) is 0.874. The monoisotopic (exact) mass is 251 g/mol. The van der Waals surface area contributed by atoms with Gasteiger partial charge in [-0.1, -0.05) is 0 Å². The van der Waals surface area contributed by atoms with E-state index >= 15 is 0 Å². The molecule has 1 unspecified atom stereocenters. The summed E-state index contributed by atoms with van der Waals surface area (Å²) in [4.78, 5) is 19.8. The molecular formula is C10H13N5OS. The van der Waals surface area contributed by atoms with Crippen molar-refractivity contribution in [2.24, 2.45) is 0 Å². The van der Waals surface area contributed by atoms with Crippen LogP contribution >= 0.6 is 11.3 Å². The van der Waals surface area contributed by atoms with E-state index in [1.165, 1.54) is 17.7 Å². The van der Waals surface area contributed by atoms with Crippen LogP contribution in [0.1, 0.15) is 22.4 Å². The highest BCUT2D eigenvalue weighted by Crippen LogP contribution is 2.07. The summed E-state index contributed by atoms with van der Waals surface area (Å²) >= 11 is 1.47. The van der Waals surface area contributed by atoms with E-state index in [1.54, 1.807) is 16.4 Å². The van der Waals surface area contributed by atoms with E-state index in [1.807, 2.05) is 13.8 Å². The lowest BCUT2D eigenvalue weighted by Crippen LogP contribution is -2.36. The summed E-state index contributed by atoms with van der Waals surface area (Å²) in [6, 6.07) is -0.0220. The topological polar surface area (TPSA) is 72.7 Å². The second-order valence-corrected chi connectivity index (χ2v) is 4.81. The standard InChI is InChI=1S/C10H13N5OS/c1-7(3-15-6-11-5-12-15)13-10(16)9-4-17-8(2)14-9/h4-7H,3H2,1-2H3,(H,13,16). The van der Waals surface area contributed by atoms with Crippen LogP contribution < -0.4 is 5.32 Å². The molecule has 0 aromatic carbocycles. The molecule has 0 saturated heterocycles. The lowest BCUT2D eigenvalue weighted by Gasteiger charge is -2.12. The van der Waals surface area contributed by atoms with Gasteiger partial charge >= 0.3 is 0 Å². The van der Waals surface area contributed by atoms with Crippen molar-refractivity contribution in [1.29, 1.82) is 0 Å². The van der Waals surface area contributed by atoms with Gasteiger partial charge < -0.3 is 5.32 Å². The summed E-state index contributed by atoms with van der Waals surface area (Å²) in [6.07, 6.45) is 3.09. The smallest absolute Gasteiger partial charge is 0.271 e. The van der Waals surface area contributed by atoms with Gasteiger partial charge in [-0.05, 0) is 13.8 Å². The average Bonchev–Trinajstić information content (AvgIpc) is 2.89. The maximum atomic E-state index is 11.8. The van der Waals surface area contributed by atoms with E-state index in [0.717, 1.165) is 5.01 Å². The van der Waals surface area contributed by atoms with Gasteiger partial charge in [0.2, 0.25) is 0 Å². The summed E-state index contributed by atoms with van der Waals surface area (Å²) in [6.45, 7) is 4.38. The van der Waals surface area contributed by atoms with Crippen LogP contribution in [-0.2, 0) is 6.54 Å². The molecule has 0 fully saturated rings. The van der Waals surface area contributed by atoms with Crippen LogP contribution in [0.4, 0.5) is 0 Å². The van der Waals surface area contributed by atoms with E-state index in [0.29, 0.717) is 12.2 Å². The fourth-order valence-corrected chi connectivity index (χ4v) is 2.01. The molecule has 7 heteroatoms. The highest BCUT2D eigenvalue weighted by atomic mass is 32.1. The summed E-state index contributed by atoms with van der Waals surface area (Å²) in [7, 11) is 0. The molecule has 1 amide bonds. The zero-order chi connectivity index (χ0) is 12.3. The Labute approximate surface area is 103 Å². The van der Waals surface area contributed by atoms with Gasteiger partial charge in [-0.25, -0.2) is 9.97 Å². The number of aryl methyl sites for hydroxylation is 1. The number of hydrogen-bond donors (Lipinski definition) is 1. The molecule has 0 aliphatic rings. The van der Waals surface area contributed by atoms with Crippen molar-refractivity contribution >= 4 is 17.2 Å². The number of nitrogens with one attached hydrogen (secondary N) is 1. The third kappa shape index (κ3) is 3.10. The Morgan fingerprint density at radius 1 is 1.65 bits per heavy atom. The Hall–Kier alpha value is -1.76. The number of aromatic nitrogens is 4. The Bertz CT molecular complexity index is 493. The van der Waals surface area contributed by atoms with Gasteiger partial charge in [0, 0.05) is 11.4 Å². The molecule has 1 atom stereocenters. The van der Waals surface area contributed by atoms with E-state index in [-0.39, 0.29) is 11.9 Å². The SMILES string of the molecule is Cc1nc(C(=O)NC(C)Cn2cncn2)cs1. The van der Waals surface area contributed by atoms with Crippen molar-refractivity contribution in [3.05, 3.63) is 28.7 Å². The molecule has 0 spiro atoms.